The Morgan fingerprint density at radius 3 is 2.56 bits per heavy atom. The van der Waals surface area contributed by atoms with E-state index in [2.05, 4.69) is 4.98 Å². The molecule has 7 nitrogen and oxygen atoms in total. The lowest BCUT2D eigenvalue weighted by molar-refractivity contribution is -0.139. The monoisotopic (exact) mass is 448 g/mol. The molecule has 0 bridgehead atoms. The highest BCUT2D eigenvalue weighted by Gasteiger charge is 2.39. The molecule has 2 heterocycles. The Morgan fingerprint density at radius 2 is 1.97 bits per heavy atom. The quantitative estimate of drug-likeness (QED) is 0.732. The van der Waals surface area contributed by atoms with E-state index in [1.807, 2.05) is 6.08 Å². The van der Waals surface area contributed by atoms with E-state index in [-0.39, 0.29) is 54.4 Å². The summed E-state index contributed by atoms with van der Waals surface area (Å²) in [5, 5.41) is 10.0. The minimum atomic E-state index is -4.59. The standard InChI is InChI=1S/C22H23F3N4O3/c1-27-16-10-13(12-5-6-12)9-14(22(23,24)25)19(16)26-20(27)21(32)28-7-8-29(18(31)11-28)15-3-2-4-17(15)30/h2,4,9-10,12,15,17,30H,3,5-8,11H2,1H3/t15-,17+/m0/s1. The van der Waals surface area contributed by atoms with Gasteiger partial charge >= 0.3 is 6.18 Å². The van der Waals surface area contributed by atoms with Crippen LogP contribution in [-0.2, 0) is 18.0 Å². The Hall–Kier alpha value is -2.88. The minimum Gasteiger partial charge on any atom is -0.387 e. The Balaban J connectivity index is 1.44. The molecule has 0 unspecified atom stereocenters. The van der Waals surface area contributed by atoms with Gasteiger partial charge in [0.25, 0.3) is 5.91 Å². The van der Waals surface area contributed by atoms with Crippen LogP contribution in [0.2, 0.25) is 0 Å². The third kappa shape index (κ3) is 3.46. The van der Waals surface area contributed by atoms with Gasteiger partial charge in [-0.25, -0.2) is 4.98 Å². The molecule has 170 valence electrons. The molecule has 1 saturated heterocycles. The molecule has 1 N–H and O–H groups in total. The fourth-order valence-corrected chi connectivity index (χ4v) is 4.66. The Bertz CT molecular complexity index is 1140. The molecule has 1 aromatic carbocycles. The largest absolute Gasteiger partial charge is 0.418 e. The van der Waals surface area contributed by atoms with E-state index in [9.17, 15) is 27.9 Å². The maximum absolute atomic E-state index is 13.7. The number of fused-ring (bicyclic) bond motifs is 1. The normalized spacial score (nSPS) is 24.1. The first-order chi connectivity index (χ1) is 15.1. The number of hydrogen-bond donors (Lipinski definition) is 1. The molecule has 5 rings (SSSR count). The van der Waals surface area contributed by atoms with Crippen LogP contribution in [0.25, 0.3) is 11.0 Å². The summed E-state index contributed by atoms with van der Waals surface area (Å²) in [4.78, 5) is 32.8. The van der Waals surface area contributed by atoms with Crippen molar-refractivity contribution >= 4 is 22.8 Å². The summed E-state index contributed by atoms with van der Waals surface area (Å²) in [6.07, 6.45) is 0.387. The van der Waals surface area contributed by atoms with Crippen molar-refractivity contribution < 1.29 is 27.9 Å². The van der Waals surface area contributed by atoms with E-state index in [4.69, 9.17) is 0 Å². The molecular weight excluding hydrogens is 425 g/mol. The van der Waals surface area contributed by atoms with Crippen molar-refractivity contribution in [2.45, 2.75) is 43.5 Å². The molecule has 0 spiro atoms. The molecule has 32 heavy (non-hydrogen) atoms. The van der Waals surface area contributed by atoms with E-state index in [1.165, 1.54) is 16.5 Å². The number of nitrogens with zero attached hydrogens (tertiary/aromatic N) is 4. The van der Waals surface area contributed by atoms with E-state index < -0.39 is 23.8 Å². The number of carbonyl (C=O) groups is 2. The van der Waals surface area contributed by atoms with Crippen LogP contribution in [0.4, 0.5) is 13.2 Å². The van der Waals surface area contributed by atoms with Crippen LogP contribution < -0.4 is 0 Å². The third-order valence-electron chi connectivity index (χ3n) is 6.60. The number of halogens is 3. The second kappa shape index (κ2) is 7.33. The molecule has 2 fully saturated rings. The lowest BCUT2D eigenvalue weighted by atomic mass is 10.0. The van der Waals surface area contributed by atoms with Crippen molar-refractivity contribution in [1.82, 2.24) is 19.4 Å². The Kier molecular flexibility index (Phi) is 4.81. The summed E-state index contributed by atoms with van der Waals surface area (Å²) in [6, 6.07) is 2.49. The first kappa shape index (κ1) is 21.0. The number of benzene rings is 1. The highest BCUT2D eigenvalue weighted by atomic mass is 19.4. The molecular formula is C22H23F3N4O3. The van der Waals surface area contributed by atoms with Gasteiger partial charge in [0, 0.05) is 20.1 Å². The predicted molar refractivity (Wildman–Crippen MR) is 109 cm³/mol. The number of carbonyl (C=O) groups excluding carboxylic acids is 2. The number of aliphatic hydroxyl groups excluding tert-OH is 1. The fraction of sp³-hybridized carbons (Fsp3) is 0.500. The number of piperazine rings is 1. The fourth-order valence-electron chi connectivity index (χ4n) is 4.66. The summed E-state index contributed by atoms with van der Waals surface area (Å²) in [7, 11) is 1.53. The van der Waals surface area contributed by atoms with Crippen LogP contribution >= 0.6 is 0 Å². The summed E-state index contributed by atoms with van der Waals surface area (Å²) in [5.74, 6) is -0.894. The van der Waals surface area contributed by atoms with E-state index in [1.54, 1.807) is 17.0 Å². The van der Waals surface area contributed by atoms with Gasteiger partial charge in [0.15, 0.2) is 5.82 Å². The molecule has 2 aromatic rings. The summed E-state index contributed by atoms with van der Waals surface area (Å²) < 4.78 is 42.6. The number of alkyl halides is 3. The molecule has 2 atom stereocenters. The van der Waals surface area contributed by atoms with E-state index in [0.717, 1.165) is 18.9 Å². The second-order valence-electron chi connectivity index (χ2n) is 8.74. The van der Waals surface area contributed by atoms with Gasteiger partial charge in [-0.2, -0.15) is 13.2 Å². The van der Waals surface area contributed by atoms with Crippen molar-refractivity contribution in [3.63, 3.8) is 0 Å². The van der Waals surface area contributed by atoms with Crippen LogP contribution in [0.5, 0.6) is 0 Å². The van der Waals surface area contributed by atoms with Gasteiger partial charge in [-0.1, -0.05) is 12.2 Å². The number of rotatable bonds is 3. The number of imidazole rings is 1. The zero-order valence-corrected chi connectivity index (χ0v) is 17.5. The molecule has 1 aromatic heterocycles. The summed E-state index contributed by atoms with van der Waals surface area (Å²) in [6.45, 7) is 0.263. The van der Waals surface area contributed by atoms with Gasteiger partial charge in [-0.05, 0) is 42.9 Å². The van der Waals surface area contributed by atoms with Crippen molar-refractivity contribution in [3.05, 3.63) is 41.2 Å². The van der Waals surface area contributed by atoms with Gasteiger partial charge in [0.2, 0.25) is 5.91 Å². The summed E-state index contributed by atoms with van der Waals surface area (Å²) >= 11 is 0. The first-order valence-electron chi connectivity index (χ1n) is 10.7. The Morgan fingerprint density at radius 1 is 1.22 bits per heavy atom. The maximum atomic E-state index is 13.7. The van der Waals surface area contributed by atoms with Gasteiger partial charge in [0.1, 0.15) is 12.1 Å². The minimum absolute atomic E-state index is 0.112. The van der Waals surface area contributed by atoms with Crippen LogP contribution in [0.1, 0.15) is 46.9 Å². The number of hydrogen-bond acceptors (Lipinski definition) is 4. The molecule has 1 aliphatic heterocycles. The average Bonchev–Trinajstić information content (AvgIpc) is 3.43. The van der Waals surface area contributed by atoms with Gasteiger partial charge in [0.05, 0.1) is 23.2 Å². The third-order valence-corrected chi connectivity index (χ3v) is 6.60. The first-order valence-corrected chi connectivity index (χ1v) is 10.7. The van der Waals surface area contributed by atoms with Crippen LogP contribution in [0, 0.1) is 0 Å². The van der Waals surface area contributed by atoms with Crippen molar-refractivity contribution in [2.75, 3.05) is 19.6 Å². The number of aromatic nitrogens is 2. The zero-order chi connectivity index (χ0) is 22.8. The molecule has 10 heteroatoms. The summed E-state index contributed by atoms with van der Waals surface area (Å²) in [5.41, 5.74) is -0.220. The van der Waals surface area contributed by atoms with E-state index >= 15 is 0 Å². The predicted octanol–water partition coefficient (Wildman–Crippen LogP) is 2.44. The van der Waals surface area contributed by atoms with Gasteiger partial charge in [-0.3, -0.25) is 9.59 Å². The van der Waals surface area contributed by atoms with Gasteiger partial charge in [-0.15, -0.1) is 0 Å². The number of amides is 2. The Labute approximate surface area is 182 Å². The number of aryl methyl sites for hydroxylation is 1. The highest BCUT2D eigenvalue weighted by Crippen LogP contribution is 2.44. The molecule has 2 aliphatic carbocycles. The number of aliphatic hydroxyl groups is 1. The molecule has 1 saturated carbocycles. The zero-order valence-electron chi connectivity index (χ0n) is 17.5. The molecule has 3 aliphatic rings. The van der Waals surface area contributed by atoms with Crippen molar-refractivity contribution in [2.24, 2.45) is 7.05 Å². The molecule has 0 radical (unpaired) electrons. The smallest absolute Gasteiger partial charge is 0.387 e. The average molecular weight is 448 g/mol. The highest BCUT2D eigenvalue weighted by molar-refractivity contribution is 5.98. The molecule has 2 amide bonds. The van der Waals surface area contributed by atoms with Gasteiger partial charge < -0.3 is 19.5 Å². The topological polar surface area (TPSA) is 78.7 Å². The second-order valence-corrected chi connectivity index (χ2v) is 8.74. The van der Waals surface area contributed by atoms with Crippen molar-refractivity contribution in [1.29, 1.82) is 0 Å². The SMILES string of the molecule is Cn1c(C(=O)N2CCN([C@H]3CC=C[C@H]3O)C(=O)C2)nc2c(C(F)(F)F)cc(C3CC3)cc21. The lowest BCUT2D eigenvalue weighted by Gasteiger charge is -2.38. The maximum Gasteiger partial charge on any atom is 0.418 e. The van der Waals surface area contributed by atoms with E-state index in [0.29, 0.717) is 12.0 Å². The van der Waals surface area contributed by atoms with Crippen molar-refractivity contribution in [3.8, 4) is 0 Å². The lowest BCUT2D eigenvalue weighted by Crippen LogP contribution is -2.57. The van der Waals surface area contributed by atoms with Crippen LogP contribution in [-0.4, -0.2) is 68.1 Å². The van der Waals surface area contributed by atoms with Crippen LogP contribution in [0.3, 0.4) is 0 Å². The van der Waals surface area contributed by atoms with Crippen LogP contribution in [0.15, 0.2) is 24.3 Å².